The number of rotatable bonds is 6. The number of para-hydroxylation sites is 2. The summed E-state index contributed by atoms with van der Waals surface area (Å²) < 4.78 is 33.9. The van der Waals surface area contributed by atoms with Gasteiger partial charge in [0.05, 0.1) is 10.5 Å². The smallest absolute Gasteiger partial charge is 0.263 e. The van der Waals surface area contributed by atoms with Crippen LogP contribution in [0.15, 0.2) is 59.6 Å². The van der Waals surface area contributed by atoms with Gasteiger partial charge in [-0.25, -0.2) is 13.9 Å². The molecule has 1 aliphatic heterocycles. The van der Waals surface area contributed by atoms with E-state index in [0.717, 1.165) is 15.2 Å². The molecule has 0 saturated carbocycles. The monoisotopic (exact) mass is 521 g/mol. The molecule has 180 valence electrons. The quantitative estimate of drug-likeness (QED) is 0.374. The Kier molecular flexibility index (Phi) is 7.07. The molecular formula is C23H24ClN3O5S2. The van der Waals surface area contributed by atoms with E-state index in [1.165, 1.54) is 24.0 Å². The number of nitrogens with one attached hydrogen (secondary N) is 1. The van der Waals surface area contributed by atoms with Crippen LogP contribution >= 0.6 is 23.4 Å². The maximum absolute atomic E-state index is 13.8. The van der Waals surface area contributed by atoms with Crippen LogP contribution in [0.25, 0.3) is 10.9 Å². The molecule has 4 rings (SSSR count). The van der Waals surface area contributed by atoms with E-state index in [0.29, 0.717) is 16.3 Å². The first-order valence-electron chi connectivity index (χ1n) is 10.5. The Morgan fingerprint density at radius 1 is 1.26 bits per heavy atom. The lowest BCUT2D eigenvalue weighted by Crippen LogP contribution is -2.61. The Morgan fingerprint density at radius 2 is 1.97 bits per heavy atom. The lowest BCUT2D eigenvalue weighted by Gasteiger charge is -2.43. The highest BCUT2D eigenvalue weighted by atomic mass is 35.5. The third kappa shape index (κ3) is 4.60. The number of hydrogen-bond donors (Lipinski definition) is 2. The number of benzene rings is 2. The van der Waals surface area contributed by atoms with Crippen molar-refractivity contribution in [3.63, 3.8) is 0 Å². The first-order valence-corrected chi connectivity index (χ1v) is 13.3. The van der Waals surface area contributed by atoms with E-state index in [4.69, 9.17) is 16.3 Å². The summed E-state index contributed by atoms with van der Waals surface area (Å²) in [5, 5.41) is 10.5. The molecule has 8 nitrogen and oxygen atoms in total. The fourth-order valence-corrected chi connectivity index (χ4v) is 7.55. The number of hydroxylamine groups is 1. The zero-order valence-corrected chi connectivity index (χ0v) is 21.0. The highest BCUT2D eigenvalue weighted by Gasteiger charge is 2.48. The molecule has 1 fully saturated rings. The van der Waals surface area contributed by atoms with Crippen LogP contribution in [0.1, 0.15) is 19.4 Å². The summed E-state index contributed by atoms with van der Waals surface area (Å²) >= 11 is 7.85. The van der Waals surface area contributed by atoms with Gasteiger partial charge in [0.2, 0.25) is 10.0 Å². The third-order valence-electron chi connectivity index (χ3n) is 5.73. The number of ether oxygens (including phenoxy) is 1. The number of fused-ring (bicyclic) bond motifs is 1. The molecule has 0 bridgehead atoms. The van der Waals surface area contributed by atoms with Crippen molar-refractivity contribution in [3.05, 3.63) is 65.3 Å². The molecule has 3 aromatic rings. The maximum Gasteiger partial charge on any atom is 0.263 e. The Morgan fingerprint density at radius 3 is 2.74 bits per heavy atom. The topological polar surface area (TPSA) is 109 Å². The highest BCUT2D eigenvalue weighted by Crippen LogP contribution is 2.40. The van der Waals surface area contributed by atoms with Crippen molar-refractivity contribution in [2.75, 3.05) is 12.3 Å². The summed E-state index contributed by atoms with van der Waals surface area (Å²) in [6.45, 7) is 3.69. The first kappa shape index (κ1) is 24.7. The molecule has 2 aromatic carbocycles. The van der Waals surface area contributed by atoms with Gasteiger partial charge in [-0.15, -0.1) is 0 Å². The van der Waals surface area contributed by atoms with Crippen molar-refractivity contribution in [2.24, 2.45) is 0 Å². The average molecular weight is 522 g/mol. The summed E-state index contributed by atoms with van der Waals surface area (Å²) in [6.07, 6.45) is 1.54. The molecule has 1 unspecified atom stereocenters. The molecule has 0 radical (unpaired) electrons. The predicted octanol–water partition coefficient (Wildman–Crippen LogP) is 3.86. The van der Waals surface area contributed by atoms with Crippen LogP contribution in [0.5, 0.6) is 5.75 Å². The van der Waals surface area contributed by atoms with Crippen molar-refractivity contribution < 1.29 is 23.2 Å². The normalized spacial score (nSPS) is 18.5. The average Bonchev–Trinajstić information content (AvgIpc) is 2.82. The largest absolute Gasteiger partial charge is 0.487 e. The Labute approximate surface area is 207 Å². The fraction of sp³-hybridized carbons (Fsp3) is 0.304. The standard InChI is InChI=1S/C23H24ClN3O5S2/c1-23(2)21(22(28)26-29)27(11-12-33-23)34(30,31)20-10-6-5-9-19(20)32-14-16-15-7-3-4-8-18(15)25-13-17(16)24/h3-10,13,21,29H,11-12,14H2,1-2H3,(H,26,28). The Hall–Kier alpha value is -2.37. The molecule has 2 N–H and O–H groups in total. The van der Waals surface area contributed by atoms with Crippen molar-refractivity contribution in [3.8, 4) is 5.75 Å². The molecule has 11 heteroatoms. The molecule has 0 spiro atoms. The van der Waals surface area contributed by atoms with E-state index in [1.807, 2.05) is 24.3 Å². The molecule has 1 saturated heterocycles. The second-order valence-electron chi connectivity index (χ2n) is 8.28. The lowest BCUT2D eigenvalue weighted by molar-refractivity contribution is -0.134. The third-order valence-corrected chi connectivity index (χ3v) is 9.32. The first-order chi connectivity index (χ1) is 16.2. The van der Waals surface area contributed by atoms with E-state index in [9.17, 15) is 18.4 Å². The van der Waals surface area contributed by atoms with Gasteiger partial charge in [0, 0.05) is 34.2 Å². The maximum atomic E-state index is 13.8. The predicted molar refractivity (Wildman–Crippen MR) is 132 cm³/mol. The van der Waals surface area contributed by atoms with Crippen LogP contribution in [-0.4, -0.2) is 51.9 Å². The minimum Gasteiger partial charge on any atom is -0.487 e. The van der Waals surface area contributed by atoms with Crippen LogP contribution in [0.4, 0.5) is 0 Å². The second-order valence-corrected chi connectivity index (χ2v) is 12.3. The van der Waals surface area contributed by atoms with E-state index in [2.05, 4.69) is 4.98 Å². The number of sulfonamides is 1. The Bertz CT molecular complexity index is 1330. The van der Waals surface area contributed by atoms with Crippen molar-refractivity contribution in [1.29, 1.82) is 0 Å². The van der Waals surface area contributed by atoms with Gasteiger partial charge >= 0.3 is 0 Å². The molecule has 0 aliphatic carbocycles. The van der Waals surface area contributed by atoms with E-state index < -0.39 is 26.7 Å². The lowest BCUT2D eigenvalue weighted by atomic mass is 10.0. The van der Waals surface area contributed by atoms with Crippen LogP contribution in [0.2, 0.25) is 5.02 Å². The van der Waals surface area contributed by atoms with Crippen LogP contribution in [-0.2, 0) is 21.4 Å². The number of carbonyl (C=O) groups is 1. The highest BCUT2D eigenvalue weighted by molar-refractivity contribution is 8.01. The van der Waals surface area contributed by atoms with E-state index in [-0.39, 0.29) is 23.8 Å². The number of carbonyl (C=O) groups excluding carboxylic acids is 1. The minimum atomic E-state index is -4.15. The molecule has 34 heavy (non-hydrogen) atoms. The fourth-order valence-electron chi connectivity index (χ4n) is 4.10. The van der Waals surface area contributed by atoms with Gasteiger partial charge < -0.3 is 4.74 Å². The number of halogens is 1. The number of aromatic nitrogens is 1. The van der Waals surface area contributed by atoms with Gasteiger partial charge in [-0.1, -0.05) is 41.9 Å². The number of hydrogen-bond acceptors (Lipinski definition) is 7. The van der Waals surface area contributed by atoms with E-state index >= 15 is 0 Å². The minimum absolute atomic E-state index is 0.0241. The molecule has 1 aliphatic rings. The second kappa shape index (κ2) is 9.71. The summed E-state index contributed by atoms with van der Waals surface area (Å²) in [5.74, 6) is -0.142. The molecule has 2 heterocycles. The molecule has 1 aromatic heterocycles. The van der Waals surface area contributed by atoms with Gasteiger partial charge in [-0.2, -0.15) is 16.1 Å². The summed E-state index contributed by atoms with van der Waals surface area (Å²) in [7, 11) is -4.15. The van der Waals surface area contributed by atoms with Crippen LogP contribution < -0.4 is 10.2 Å². The van der Waals surface area contributed by atoms with Crippen LogP contribution in [0, 0.1) is 0 Å². The van der Waals surface area contributed by atoms with Gasteiger partial charge in [0.1, 0.15) is 23.3 Å². The number of pyridine rings is 1. The summed E-state index contributed by atoms with van der Waals surface area (Å²) in [4.78, 5) is 16.7. The zero-order valence-electron chi connectivity index (χ0n) is 18.6. The Balaban J connectivity index is 1.70. The van der Waals surface area contributed by atoms with Crippen molar-refractivity contribution >= 4 is 50.2 Å². The SMILES string of the molecule is CC1(C)SCCN(S(=O)(=O)c2ccccc2OCc2c(Cl)cnc3ccccc23)C1C(=O)NO. The van der Waals surface area contributed by atoms with Crippen molar-refractivity contribution in [1.82, 2.24) is 14.8 Å². The molecule has 1 atom stereocenters. The van der Waals surface area contributed by atoms with E-state index in [1.54, 1.807) is 37.5 Å². The van der Waals surface area contributed by atoms with Crippen molar-refractivity contribution in [2.45, 2.75) is 36.1 Å². The van der Waals surface area contributed by atoms with Crippen LogP contribution in [0.3, 0.4) is 0 Å². The summed E-state index contributed by atoms with van der Waals surface area (Å²) in [5.41, 5.74) is 3.05. The summed E-state index contributed by atoms with van der Waals surface area (Å²) in [6, 6.07) is 12.6. The number of nitrogens with zero attached hydrogens (tertiary/aromatic N) is 2. The van der Waals surface area contributed by atoms with Gasteiger partial charge in [0.25, 0.3) is 5.91 Å². The number of thioether (sulfide) groups is 1. The zero-order chi connectivity index (χ0) is 24.5. The number of amides is 1. The molecule has 1 amide bonds. The van der Waals surface area contributed by atoms with Gasteiger partial charge in [-0.3, -0.25) is 15.0 Å². The molecular weight excluding hydrogens is 498 g/mol. The van der Waals surface area contributed by atoms with Gasteiger partial charge in [0.15, 0.2) is 0 Å². The van der Waals surface area contributed by atoms with Gasteiger partial charge in [-0.05, 0) is 32.0 Å².